The van der Waals surface area contributed by atoms with Gasteiger partial charge in [0.15, 0.2) is 10.8 Å². The molecule has 4 bridgehead atoms. The highest BCUT2D eigenvalue weighted by Crippen LogP contribution is 2.72. The Balaban J connectivity index is 1.04. The average molecular weight is 966 g/mol. The van der Waals surface area contributed by atoms with E-state index in [0.717, 1.165) is 95.3 Å². The van der Waals surface area contributed by atoms with Gasteiger partial charge < -0.3 is 23.8 Å². The number of benzene rings is 2. The number of amides is 2. The summed E-state index contributed by atoms with van der Waals surface area (Å²) in [6, 6.07) is 17.8. The number of hydrogen-bond donors (Lipinski definition) is 2. The van der Waals surface area contributed by atoms with Gasteiger partial charge in [0.1, 0.15) is 11.3 Å². The van der Waals surface area contributed by atoms with E-state index in [2.05, 4.69) is 64.3 Å². The summed E-state index contributed by atoms with van der Waals surface area (Å²) in [5.41, 5.74) is 6.07. The molecule has 1 aliphatic heterocycles. The van der Waals surface area contributed by atoms with Gasteiger partial charge in [0, 0.05) is 60.4 Å². The third-order valence-electron chi connectivity index (χ3n) is 14.1. The van der Waals surface area contributed by atoms with Crippen LogP contribution in [0.2, 0.25) is 0 Å². The molecular formula is C52H68N7O7PS. The SMILES string of the molecule is CCOP(=O)(CCNCCOC12CC3(C)CC(C)(CC(Cn4nc(-c5ccc6c(c5)N(C(=O)Nc5nc7ccccc7s5)CCC6)c(-c5cccnc5C(=O)OC(C)(C)C)c4C)(C3)C1)C2)OCC. The highest BCUT2D eigenvalue weighted by Gasteiger charge is 2.66. The number of carbonyl (C=O) groups is 2. The summed E-state index contributed by atoms with van der Waals surface area (Å²) in [6.45, 7) is 19.9. The molecule has 4 aliphatic carbocycles. The minimum atomic E-state index is -3.12. The van der Waals surface area contributed by atoms with Crippen LogP contribution in [0.5, 0.6) is 0 Å². The van der Waals surface area contributed by atoms with Gasteiger partial charge in [-0.3, -0.25) is 19.5 Å². The van der Waals surface area contributed by atoms with Crippen molar-refractivity contribution >= 4 is 52.0 Å². The summed E-state index contributed by atoms with van der Waals surface area (Å²) in [4.78, 5) is 39.2. The number of nitrogens with one attached hydrogen (secondary N) is 2. The number of nitrogens with zero attached hydrogens (tertiary/aromatic N) is 5. The Bertz CT molecular complexity index is 2690. The lowest BCUT2D eigenvalue weighted by atomic mass is 9.39. The zero-order chi connectivity index (χ0) is 48.1. The molecule has 5 aliphatic rings. The Labute approximate surface area is 404 Å². The first kappa shape index (κ1) is 48.5. The number of aromatic nitrogens is 4. The number of fused-ring (bicyclic) bond motifs is 2. The quantitative estimate of drug-likeness (QED) is 0.0519. The van der Waals surface area contributed by atoms with Crippen LogP contribution in [0, 0.1) is 23.2 Å². The van der Waals surface area contributed by atoms with E-state index in [1.54, 1.807) is 6.20 Å². The molecule has 0 saturated heterocycles. The molecular weight excluding hydrogens is 898 g/mol. The summed E-state index contributed by atoms with van der Waals surface area (Å²) < 4.78 is 40.2. The summed E-state index contributed by atoms with van der Waals surface area (Å²) in [6.07, 6.45) is 9.89. The van der Waals surface area contributed by atoms with Crippen LogP contribution in [0.4, 0.5) is 15.6 Å². The molecule has 2 aromatic carbocycles. The fourth-order valence-electron chi connectivity index (χ4n) is 13.0. The van der Waals surface area contributed by atoms with Crippen LogP contribution in [-0.2, 0) is 36.1 Å². The molecule has 16 heteroatoms. The number of esters is 1. The van der Waals surface area contributed by atoms with Crippen molar-refractivity contribution in [3.8, 4) is 22.4 Å². The largest absolute Gasteiger partial charge is 0.455 e. The number of aryl methyl sites for hydroxylation is 1. The number of para-hydroxylation sites is 1. The standard InChI is InChI=1S/C52H68N7O7PS/c1-9-64-67(62,65-10-2)26-23-53-22-25-63-52-31-49(7)28-50(8,32-52)30-51(29-49,33-52)34-59-35(3)42(38-16-13-21-54-44(38)45(60)66-48(4,5)6)43(57-59)37-20-19-36-15-14-24-58(40(36)27-37)47(61)56-46-55-39-17-11-12-18-41(39)68-46/h11-13,16-21,27,53H,9-10,14-15,22-26,28-34H2,1-8H3,(H,55,56,61). The predicted molar refractivity (Wildman–Crippen MR) is 269 cm³/mol. The Hall–Kier alpha value is -4.50. The van der Waals surface area contributed by atoms with Crippen LogP contribution >= 0.6 is 18.9 Å². The number of carbonyl (C=O) groups excluding carboxylic acids is 2. The van der Waals surface area contributed by atoms with E-state index < -0.39 is 19.2 Å². The van der Waals surface area contributed by atoms with Crippen molar-refractivity contribution in [3.05, 3.63) is 77.7 Å². The Morgan fingerprint density at radius 3 is 2.40 bits per heavy atom. The van der Waals surface area contributed by atoms with E-state index in [-0.39, 0.29) is 33.6 Å². The fraction of sp³-hybridized carbons (Fsp3) is 0.558. The summed E-state index contributed by atoms with van der Waals surface area (Å²) in [7, 11) is -3.12. The second kappa shape index (κ2) is 18.7. The minimum Gasteiger partial charge on any atom is -0.455 e. The first-order valence-corrected chi connectivity index (χ1v) is 27.0. The molecule has 0 radical (unpaired) electrons. The van der Waals surface area contributed by atoms with Crippen molar-refractivity contribution in [2.45, 2.75) is 125 Å². The second-order valence-electron chi connectivity index (χ2n) is 21.5. The maximum Gasteiger partial charge on any atom is 0.358 e. The van der Waals surface area contributed by atoms with Crippen LogP contribution in [-0.4, -0.2) is 88.6 Å². The fourth-order valence-corrected chi connectivity index (χ4v) is 15.5. The topological polar surface area (TPSA) is 159 Å². The van der Waals surface area contributed by atoms with Gasteiger partial charge in [0.2, 0.25) is 0 Å². The zero-order valence-corrected chi connectivity index (χ0v) is 42.7. The average Bonchev–Trinajstić information content (AvgIpc) is 3.81. The van der Waals surface area contributed by atoms with Gasteiger partial charge in [-0.25, -0.2) is 19.6 Å². The highest BCUT2D eigenvalue weighted by atomic mass is 32.1. The summed E-state index contributed by atoms with van der Waals surface area (Å²) >= 11 is 1.46. The Morgan fingerprint density at radius 2 is 1.68 bits per heavy atom. The lowest BCUT2D eigenvalue weighted by Crippen LogP contribution is -2.64. The van der Waals surface area contributed by atoms with Crippen molar-refractivity contribution in [1.82, 2.24) is 25.1 Å². The number of thiazole rings is 1. The number of rotatable bonds is 17. The molecule has 4 saturated carbocycles. The molecule has 3 aromatic heterocycles. The van der Waals surface area contributed by atoms with E-state index in [0.29, 0.717) is 62.9 Å². The van der Waals surface area contributed by atoms with Crippen LogP contribution in [0.15, 0.2) is 60.8 Å². The van der Waals surface area contributed by atoms with E-state index in [9.17, 15) is 14.2 Å². The van der Waals surface area contributed by atoms with Crippen molar-refractivity contribution < 1.29 is 32.7 Å². The Kier molecular flexibility index (Phi) is 13.3. The molecule has 2 unspecified atom stereocenters. The van der Waals surface area contributed by atoms with E-state index >= 15 is 0 Å². The van der Waals surface area contributed by atoms with Gasteiger partial charge in [0.05, 0.1) is 41.8 Å². The van der Waals surface area contributed by atoms with Gasteiger partial charge in [-0.15, -0.1) is 0 Å². The molecule has 2 N–H and O–H groups in total. The van der Waals surface area contributed by atoms with Gasteiger partial charge in [-0.05, 0) is 139 Å². The maximum atomic E-state index is 14.1. The number of urea groups is 1. The van der Waals surface area contributed by atoms with Crippen LogP contribution in [0.3, 0.4) is 0 Å². The highest BCUT2D eigenvalue weighted by molar-refractivity contribution is 7.53. The smallest absolute Gasteiger partial charge is 0.358 e. The molecule has 364 valence electrons. The van der Waals surface area contributed by atoms with Gasteiger partial charge in [-0.2, -0.15) is 5.10 Å². The van der Waals surface area contributed by atoms with Crippen LogP contribution < -0.4 is 15.5 Å². The van der Waals surface area contributed by atoms with Crippen LogP contribution in [0.25, 0.3) is 32.6 Å². The minimum absolute atomic E-state index is 0.0904. The first-order chi connectivity index (χ1) is 32.3. The number of hydrogen-bond acceptors (Lipinski definition) is 12. The predicted octanol–water partition coefficient (Wildman–Crippen LogP) is 11.5. The Morgan fingerprint density at radius 1 is 0.926 bits per heavy atom. The van der Waals surface area contributed by atoms with Crippen molar-refractivity contribution in [2.75, 3.05) is 55.8 Å². The number of ether oxygens (including phenoxy) is 2. The third kappa shape index (κ3) is 10.1. The second-order valence-corrected chi connectivity index (χ2v) is 24.7. The zero-order valence-electron chi connectivity index (χ0n) is 41.0. The first-order valence-electron chi connectivity index (χ1n) is 24.4. The van der Waals surface area contributed by atoms with Crippen molar-refractivity contribution in [3.63, 3.8) is 0 Å². The number of pyridine rings is 1. The molecule has 4 fully saturated rings. The van der Waals surface area contributed by atoms with E-state index in [1.165, 1.54) is 11.3 Å². The summed E-state index contributed by atoms with van der Waals surface area (Å²) in [5.74, 6) is -0.498. The number of anilines is 2. The van der Waals surface area contributed by atoms with Crippen molar-refractivity contribution in [2.24, 2.45) is 16.2 Å². The van der Waals surface area contributed by atoms with Crippen LogP contribution in [0.1, 0.15) is 115 Å². The lowest BCUT2D eigenvalue weighted by molar-refractivity contribution is -0.247. The van der Waals surface area contributed by atoms with E-state index in [4.69, 9.17) is 23.6 Å². The molecule has 2 atom stereocenters. The maximum absolute atomic E-state index is 14.1. The molecule has 10 rings (SSSR count). The summed E-state index contributed by atoms with van der Waals surface area (Å²) in [5, 5.41) is 12.6. The molecule has 2 amide bonds. The van der Waals surface area contributed by atoms with Gasteiger partial charge in [-0.1, -0.05) is 55.5 Å². The third-order valence-corrected chi connectivity index (χ3v) is 17.2. The van der Waals surface area contributed by atoms with Crippen molar-refractivity contribution in [1.29, 1.82) is 0 Å². The molecule has 5 aromatic rings. The molecule has 14 nitrogen and oxygen atoms in total. The van der Waals surface area contributed by atoms with Gasteiger partial charge >= 0.3 is 19.6 Å². The normalized spacial score (nSPS) is 24.4. The van der Waals surface area contributed by atoms with Gasteiger partial charge in [0.25, 0.3) is 0 Å². The monoisotopic (exact) mass is 965 g/mol. The van der Waals surface area contributed by atoms with E-state index in [1.807, 2.05) is 75.9 Å². The molecule has 4 heterocycles. The molecule has 68 heavy (non-hydrogen) atoms. The molecule has 0 spiro atoms. The lowest BCUT2D eigenvalue weighted by Gasteiger charge is -2.69.